The van der Waals surface area contributed by atoms with E-state index in [1.807, 2.05) is 49.4 Å². The van der Waals surface area contributed by atoms with E-state index in [1.54, 1.807) is 23.1 Å². The van der Waals surface area contributed by atoms with Gasteiger partial charge in [-0.25, -0.2) is 9.67 Å². The van der Waals surface area contributed by atoms with E-state index in [0.717, 1.165) is 16.9 Å². The van der Waals surface area contributed by atoms with Crippen LogP contribution in [0.1, 0.15) is 22.6 Å². The summed E-state index contributed by atoms with van der Waals surface area (Å²) in [5.74, 6) is 1.14. The molecule has 192 valence electrons. The second-order valence-electron chi connectivity index (χ2n) is 8.93. The van der Waals surface area contributed by atoms with Crippen molar-refractivity contribution in [3.05, 3.63) is 91.9 Å². The first-order valence-electron chi connectivity index (χ1n) is 11.9. The molecule has 1 amide bonds. The van der Waals surface area contributed by atoms with Gasteiger partial charge in [-0.15, -0.1) is 11.3 Å². The summed E-state index contributed by atoms with van der Waals surface area (Å²) in [6.07, 6.45) is 0.0324. The van der Waals surface area contributed by atoms with Gasteiger partial charge in [0.25, 0.3) is 5.56 Å². The molecule has 0 unspecified atom stereocenters. The Morgan fingerprint density at radius 3 is 2.82 bits per heavy atom. The Morgan fingerprint density at radius 2 is 1.97 bits per heavy atom. The molecule has 0 radical (unpaired) electrons. The molecule has 2 aromatic carbocycles. The number of nitrogens with one attached hydrogen (secondary N) is 1. The molecule has 0 fully saturated rings. The minimum Gasteiger partial charge on any atom is -0.454 e. The summed E-state index contributed by atoms with van der Waals surface area (Å²) in [6, 6.07) is 14.7. The van der Waals surface area contributed by atoms with Crippen molar-refractivity contribution in [1.82, 2.24) is 24.5 Å². The molecule has 1 aliphatic rings. The summed E-state index contributed by atoms with van der Waals surface area (Å²) >= 11 is 7.49. The molecule has 5 aromatic rings. The third-order valence-corrected chi connectivity index (χ3v) is 7.40. The zero-order valence-corrected chi connectivity index (χ0v) is 22.1. The average Bonchev–Trinajstić information content (AvgIpc) is 3.61. The maximum Gasteiger partial charge on any atom is 0.268 e. The van der Waals surface area contributed by atoms with Gasteiger partial charge in [-0.3, -0.25) is 14.0 Å². The van der Waals surface area contributed by atoms with Crippen LogP contribution >= 0.6 is 22.9 Å². The highest BCUT2D eigenvalue weighted by atomic mass is 35.5. The highest BCUT2D eigenvalue weighted by molar-refractivity contribution is 7.15. The van der Waals surface area contributed by atoms with Crippen LogP contribution in [0.15, 0.2) is 58.7 Å². The van der Waals surface area contributed by atoms with E-state index in [9.17, 15) is 9.59 Å². The largest absolute Gasteiger partial charge is 0.454 e. The van der Waals surface area contributed by atoms with Gasteiger partial charge in [0.2, 0.25) is 12.7 Å². The summed E-state index contributed by atoms with van der Waals surface area (Å²) in [5, 5.41) is 9.99. The first kappa shape index (κ1) is 24.2. The van der Waals surface area contributed by atoms with Crippen LogP contribution in [0.2, 0.25) is 5.02 Å². The van der Waals surface area contributed by atoms with Crippen LogP contribution in [0.4, 0.5) is 0 Å². The first-order chi connectivity index (χ1) is 18.4. The van der Waals surface area contributed by atoms with Crippen molar-refractivity contribution < 1.29 is 14.3 Å². The van der Waals surface area contributed by atoms with Crippen molar-refractivity contribution >= 4 is 33.8 Å². The molecule has 0 saturated heterocycles. The lowest BCUT2D eigenvalue weighted by Crippen LogP contribution is -2.27. The van der Waals surface area contributed by atoms with Gasteiger partial charge < -0.3 is 14.8 Å². The Morgan fingerprint density at radius 1 is 1.13 bits per heavy atom. The van der Waals surface area contributed by atoms with Gasteiger partial charge in [0.15, 0.2) is 16.5 Å². The fourth-order valence-corrected chi connectivity index (χ4v) is 5.58. The molecule has 0 saturated carbocycles. The van der Waals surface area contributed by atoms with Crippen LogP contribution in [0.3, 0.4) is 0 Å². The van der Waals surface area contributed by atoms with Crippen LogP contribution in [-0.2, 0) is 17.8 Å². The summed E-state index contributed by atoms with van der Waals surface area (Å²) in [7, 11) is 0. The van der Waals surface area contributed by atoms with Crippen molar-refractivity contribution in [2.75, 3.05) is 6.79 Å². The Kier molecular flexibility index (Phi) is 6.13. The molecule has 0 spiro atoms. The molecule has 4 heterocycles. The highest BCUT2D eigenvalue weighted by Gasteiger charge is 2.20. The average molecular weight is 548 g/mol. The Hall–Kier alpha value is -4.15. The number of fused-ring (bicyclic) bond motifs is 2. The van der Waals surface area contributed by atoms with Gasteiger partial charge in [0, 0.05) is 28.3 Å². The van der Waals surface area contributed by atoms with Crippen molar-refractivity contribution in [3.63, 3.8) is 0 Å². The molecule has 0 atom stereocenters. The number of hydrogen-bond acceptors (Lipinski definition) is 7. The smallest absolute Gasteiger partial charge is 0.268 e. The van der Waals surface area contributed by atoms with Crippen molar-refractivity contribution in [3.8, 4) is 28.4 Å². The minimum atomic E-state index is -0.261. The quantitative estimate of drug-likeness (QED) is 0.337. The van der Waals surface area contributed by atoms with Crippen LogP contribution in [-0.4, -0.2) is 31.9 Å². The number of thiazole rings is 1. The number of ether oxygens (including phenoxy) is 2. The molecule has 0 aliphatic carbocycles. The molecule has 11 heteroatoms. The van der Waals surface area contributed by atoms with Gasteiger partial charge in [0.05, 0.1) is 23.4 Å². The van der Waals surface area contributed by atoms with Gasteiger partial charge in [-0.2, -0.15) is 5.10 Å². The normalized spacial score (nSPS) is 12.3. The number of carbonyl (C=O) groups is 1. The zero-order valence-electron chi connectivity index (χ0n) is 20.5. The number of carbonyl (C=O) groups excluding carboxylic acids is 1. The minimum absolute atomic E-state index is 0.0324. The standard InChI is InChI=1S/C27H22ClN5O4S/c1-15-8-21(31-33(15)19-5-3-4-18(28)10-19)25-16(2)30-27-32(26(25)35)20(13-38-27)11-24(34)29-12-17-6-7-22-23(9-17)37-14-36-22/h3-10,13H,11-12,14H2,1-2H3,(H,29,34). The fraction of sp³-hybridized carbons (Fsp3) is 0.185. The van der Waals surface area contributed by atoms with Gasteiger partial charge in [-0.05, 0) is 55.8 Å². The number of rotatable bonds is 6. The van der Waals surface area contributed by atoms with Crippen molar-refractivity contribution in [1.29, 1.82) is 0 Å². The second kappa shape index (κ2) is 9.62. The summed E-state index contributed by atoms with van der Waals surface area (Å²) in [5.41, 5.74) is 4.32. The number of aromatic nitrogens is 4. The zero-order chi connectivity index (χ0) is 26.4. The lowest BCUT2D eigenvalue weighted by Gasteiger charge is -2.08. The molecule has 0 bridgehead atoms. The third kappa shape index (κ3) is 4.42. The summed E-state index contributed by atoms with van der Waals surface area (Å²) in [6.45, 7) is 4.23. The number of amides is 1. The summed E-state index contributed by atoms with van der Waals surface area (Å²) < 4.78 is 14.0. The Bertz CT molecular complexity index is 1770. The molecule has 38 heavy (non-hydrogen) atoms. The molecule has 9 nitrogen and oxygen atoms in total. The van der Waals surface area contributed by atoms with Gasteiger partial charge >= 0.3 is 0 Å². The molecular formula is C27H22ClN5O4S. The van der Waals surface area contributed by atoms with Crippen LogP contribution in [0, 0.1) is 13.8 Å². The molecular weight excluding hydrogens is 526 g/mol. The number of aryl methyl sites for hydroxylation is 2. The molecule has 3 aromatic heterocycles. The van der Waals surface area contributed by atoms with Crippen LogP contribution in [0.25, 0.3) is 21.9 Å². The number of benzene rings is 2. The number of halogens is 1. The highest BCUT2D eigenvalue weighted by Crippen LogP contribution is 2.32. The van der Waals surface area contributed by atoms with E-state index in [0.29, 0.717) is 50.7 Å². The van der Waals surface area contributed by atoms with E-state index < -0.39 is 0 Å². The van der Waals surface area contributed by atoms with Crippen LogP contribution < -0.4 is 20.3 Å². The third-order valence-electron chi connectivity index (χ3n) is 6.29. The van der Waals surface area contributed by atoms with E-state index in [1.165, 1.54) is 15.7 Å². The van der Waals surface area contributed by atoms with Gasteiger partial charge in [0.1, 0.15) is 5.69 Å². The lowest BCUT2D eigenvalue weighted by atomic mass is 10.1. The van der Waals surface area contributed by atoms with Crippen LogP contribution in [0.5, 0.6) is 11.5 Å². The second-order valence-corrected chi connectivity index (χ2v) is 10.2. The predicted octanol–water partition coefficient (Wildman–Crippen LogP) is 4.47. The maximum absolute atomic E-state index is 13.7. The first-order valence-corrected chi connectivity index (χ1v) is 13.1. The van der Waals surface area contributed by atoms with Crippen molar-refractivity contribution in [2.24, 2.45) is 0 Å². The maximum atomic E-state index is 13.7. The number of nitrogens with zero attached hydrogens (tertiary/aromatic N) is 4. The monoisotopic (exact) mass is 547 g/mol. The Balaban J connectivity index is 1.27. The van der Waals surface area contributed by atoms with E-state index in [2.05, 4.69) is 10.3 Å². The summed E-state index contributed by atoms with van der Waals surface area (Å²) in [4.78, 5) is 31.7. The lowest BCUT2D eigenvalue weighted by molar-refractivity contribution is -0.120. The molecule has 6 rings (SSSR count). The van der Waals surface area contributed by atoms with E-state index >= 15 is 0 Å². The van der Waals surface area contributed by atoms with E-state index in [4.69, 9.17) is 26.2 Å². The SMILES string of the molecule is Cc1nc2scc(CC(=O)NCc3ccc4c(c3)OCO4)n2c(=O)c1-c1cc(C)n(-c2cccc(Cl)c2)n1. The topological polar surface area (TPSA) is 99.8 Å². The number of hydrogen-bond donors (Lipinski definition) is 1. The molecule has 1 N–H and O–H groups in total. The fourth-order valence-electron chi connectivity index (χ4n) is 4.47. The van der Waals surface area contributed by atoms with Gasteiger partial charge in [-0.1, -0.05) is 23.7 Å². The molecule has 1 aliphatic heterocycles. The Labute approximate surface area is 226 Å². The van der Waals surface area contributed by atoms with E-state index in [-0.39, 0.29) is 24.7 Å². The predicted molar refractivity (Wildman–Crippen MR) is 144 cm³/mol. The van der Waals surface area contributed by atoms with Crippen molar-refractivity contribution in [2.45, 2.75) is 26.8 Å².